The quantitative estimate of drug-likeness (QED) is 0.0961. The molecule has 640 valence electrons. The standard InChI is InChI=1S/C26H14N2O4.C21H15F3N2O4.C20H10N2O6.C16H10N2O4.C12H8N2O4/c1-27-23(29)15-7-3-11-13-5-9-17-22-18(26(32)28(2)25(17)31)10-6-14(20(13)22)12-4-8-16(24(27)30)21(15)19(11)12;1-20(21(22,23)24,10-4-6-12-14(8-10)18(29)25(2)16(12)27)11-5-7-13-15(9-11)19(30)26(3)17(13)28;1-21-17(25)11-3-7-8(4-12(11)18(21)26)16(24)10-6-14-13(5-9(10)15(7)23)19(27)22(2)20(14)28;1-17-13(19)7-3-5-9-12-10(16(22)18(2)15(9)21)6-4-8(11(7)12)14(17)20;1-13-9(15)5-3-7-8(4-6(5)10(13)16)12(18)14(2)11(7)17/h3-10H,1-2H3;4-9H,1-3H3;3-6H,1-2H3;3-6H,1-2H3;3-4H,1-2H3. The molecule has 0 radical (unpaired) electrons. The van der Waals surface area contributed by atoms with E-state index in [1.165, 1.54) is 143 Å². The molecule has 0 aliphatic carbocycles. The summed E-state index contributed by atoms with van der Waals surface area (Å²) in [4.78, 5) is 277. The first-order valence-electron chi connectivity index (χ1n) is 39.4. The number of amides is 12. The van der Waals surface area contributed by atoms with Gasteiger partial charge in [0.05, 0.1) is 65.3 Å². The summed E-state index contributed by atoms with van der Waals surface area (Å²) in [6.07, 6.45) is -4.80. The summed E-state index contributed by atoms with van der Waals surface area (Å²) in [5, 5.41) is 8.35. The zero-order chi connectivity index (χ0) is 93.2. The van der Waals surface area contributed by atoms with Crippen molar-refractivity contribution in [1.29, 1.82) is 0 Å². The zero-order valence-electron chi connectivity index (χ0n) is 69.4. The molecule has 0 fully saturated rings. The third-order valence-electron chi connectivity index (χ3n) is 26.0. The molecule has 10 heterocycles. The molecule has 0 N–H and O–H groups in total. The highest BCUT2D eigenvalue weighted by atomic mass is 19.4. The minimum atomic E-state index is -4.80. The van der Waals surface area contributed by atoms with Crippen LogP contribution in [0.1, 0.15) is 142 Å². The molecule has 13 aromatic carbocycles. The van der Waals surface area contributed by atoms with Gasteiger partial charge in [-0.05, 0) is 160 Å². The number of carbonyl (C=O) groups excluding carboxylic acids is 12. The van der Waals surface area contributed by atoms with Crippen LogP contribution in [-0.4, -0.2) is 167 Å². The van der Waals surface area contributed by atoms with E-state index in [9.17, 15) is 119 Å². The van der Waals surface area contributed by atoms with Crippen molar-refractivity contribution in [3.8, 4) is 0 Å². The number of benzene rings is 13. The summed E-state index contributed by atoms with van der Waals surface area (Å²) >= 11 is 0. The van der Waals surface area contributed by atoms with Crippen LogP contribution in [-0.2, 0) is 33.6 Å². The Kier molecular flexibility index (Phi) is 17.5. The van der Waals surface area contributed by atoms with Gasteiger partial charge in [0.1, 0.15) is 5.41 Å². The van der Waals surface area contributed by atoms with Gasteiger partial charge >= 0.3 is 6.18 Å². The topological polar surface area (TPSA) is 415 Å². The van der Waals surface area contributed by atoms with Gasteiger partial charge in [-0.25, -0.2) is 0 Å². The van der Waals surface area contributed by atoms with E-state index >= 15 is 0 Å². The first-order chi connectivity index (χ1) is 61.4. The van der Waals surface area contributed by atoms with Gasteiger partial charge in [-0.15, -0.1) is 0 Å². The number of halogens is 3. The van der Waals surface area contributed by atoms with E-state index < -0.39 is 114 Å². The number of nitrogens with zero attached hydrogens (tertiary/aromatic N) is 10. The van der Waals surface area contributed by atoms with E-state index in [4.69, 9.17) is 0 Å². The molecule has 0 spiro atoms. The van der Waals surface area contributed by atoms with Gasteiger partial charge in [0.15, 0.2) is 10.9 Å². The van der Waals surface area contributed by atoms with Crippen molar-refractivity contribution in [2.45, 2.75) is 18.5 Å². The molecule has 0 atom stereocenters. The maximum atomic E-state index is 14.4. The molecule has 6 aliphatic heterocycles. The van der Waals surface area contributed by atoms with E-state index in [0.29, 0.717) is 66.1 Å². The molecule has 6 aliphatic rings. The molecule has 0 saturated heterocycles. The summed E-state index contributed by atoms with van der Waals surface area (Å²) in [6, 6.07) is 35.4. The Balaban J connectivity index is 0.000000107. The number of aromatic nitrogens is 4. The van der Waals surface area contributed by atoms with Crippen LogP contribution in [0.3, 0.4) is 0 Å². The Morgan fingerprint density at radius 1 is 0.185 bits per heavy atom. The maximum Gasteiger partial charge on any atom is 0.402 e. The number of fused-ring (bicyclic) bond motifs is 10. The molecular formula is C95H57F3N10O22. The Bertz CT molecular complexity index is 8250. The first kappa shape index (κ1) is 82.3. The summed E-state index contributed by atoms with van der Waals surface area (Å²) in [6.45, 7) is 0.937. The molecule has 32 nitrogen and oxygen atoms in total. The van der Waals surface area contributed by atoms with Crippen LogP contribution in [0.2, 0.25) is 0 Å². The molecule has 0 saturated carbocycles. The largest absolute Gasteiger partial charge is 0.402 e. The van der Waals surface area contributed by atoms with Gasteiger partial charge in [0.25, 0.3) is 115 Å². The van der Waals surface area contributed by atoms with Gasteiger partial charge in [0, 0.05) is 158 Å². The fourth-order valence-electron chi connectivity index (χ4n) is 18.5. The van der Waals surface area contributed by atoms with Crippen LogP contribution in [0.5, 0.6) is 0 Å². The fraction of sp³-hybridized carbons (Fsp3) is 0.137. The van der Waals surface area contributed by atoms with Crippen molar-refractivity contribution in [3.63, 3.8) is 0 Å². The minimum Gasteiger partial charge on any atom is -0.289 e. The lowest BCUT2D eigenvalue weighted by Gasteiger charge is -2.33. The smallest absolute Gasteiger partial charge is 0.289 e. The van der Waals surface area contributed by atoms with E-state index in [0.717, 1.165) is 111 Å². The van der Waals surface area contributed by atoms with Gasteiger partial charge in [0.2, 0.25) is 0 Å². The molecule has 23 rings (SSSR count). The summed E-state index contributed by atoms with van der Waals surface area (Å²) in [5.74, 6) is -5.53. The summed E-state index contributed by atoms with van der Waals surface area (Å²) in [5.41, 5.74) is -4.98. The van der Waals surface area contributed by atoms with Gasteiger partial charge in [-0.1, -0.05) is 36.4 Å². The van der Waals surface area contributed by atoms with Crippen LogP contribution < -0.4 is 55.3 Å². The molecule has 17 aromatic rings. The third-order valence-corrected chi connectivity index (χ3v) is 26.0. The highest BCUT2D eigenvalue weighted by molar-refractivity contribution is 6.42. The Labute approximate surface area is 720 Å². The van der Waals surface area contributed by atoms with Crippen LogP contribution in [0, 0.1) is 0 Å². The number of alkyl halides is 3. The number of rotatable bonds is 2. The second-order valence-electron chi connectivity index (χ2n) is 32.5. The van der Waals surface area contributed by atoms with Gasteiger partial charge in [-0.2, -0.15) is 13.2 Å². The average Bonchev–Trinajstić information content (AvgIpc) is 0.989. The van der Waals surface area contributed by atoms with Crippen LogP contribution >= 0.6 is 0 Å². The number of hydrogen-bond donors (Lipinski definition) is 0. The first-order valence-corrected chi connectivity index (χ1v) is 39.4. The molecule has 35 heteroatoms. The van der Waals surface area contributed by atoms with Crippen molar-refractivity contribution in [3.05, 3.63) is 327 Å². The molecular weight excluding hydrogens is 1690 g/mol. The predicted octanol–water partition coefficient (Wildman–Crippen LogP) is 6.92. The monoisotopic (exact) mass is 1750 g/mol. The molecule has 4 aromatic heterocycles. The van der Waals surface area contributed by atoms with E-state index in [1.54, 1.807) is 24.3 Å². The van der Waals surface area contributed by atoms with Gasteiger partial charge < -0.3 is 0 Å². The zero-order valence-corrected chi connectivity index (χ0v) is 69.4. The van der Waals surface area contributed by atoms with Gasteiger partial charge in [-0.3, -0.25) is 153 Å². The van der Waals surface area contributed by atoms with E-state index in [-0.39, 0.29) is 122 Å². The lowest BCUT2D eigenvalue weighted by molar-refractivity contribution is -0.173. The Morgan fingerprint density at radius 3 is 0.546 bits per heavy atom. The normalized spacial score (nSPS) is 14.8. The van der Waals surface area contributed by atoms with Crippen LogP contribution in [0.25, 0.3) is 118 Å². The Hall–Kier alpha value is -17.3. The van der Waals surface area contributed by atoms with Crippen molar-refractivity contribution < 1.29 is 70.7 Å². The van der Waals surface area contributed by atoms with Crippen molar-refractivity contribution >= 4 is 189 Å². The molecule has 130 heavy (non-hydrogen) atoms. The lowest BCUT2D eigenvalue weighted by atomic mass is 9.74. The maximum absolute atomic E-state index is 14.4. The second-order valence-corrected chi connectivity index (χ2v) is 32.5. The lowest BCUT2D eigenvalue weighted by Crippen LogP contribution is -2.41. The highest BCUT2D eigenvalue weighted by Gasteiger charge is 2.55. The molecule has 0 bridgehead atoms. The van der Waals surface area contributed by atoms with Crippen LogP contribution in [0.15, 0.2) is 194 Å². The van der Waals surface area contributed by atoms with Crippen molar-refractivity contribution in [1.82, 2.24) is 47.7 Å². The molecule has 0 unspecified atom stereocenters. The third kappa shape index (κ3) is 10.8. The Morgan fingerprint density at radius 2 is 0.346 bits per heavy atom. The van der Waals surface area contributed by atoms with E-state index in [2.05, 4.69) is 0 Å². The SMILES string of the molecule is CN1C(=O)c2ccc(C(C)(c3ccc4c(c3)C(=O)N(C)C4=O)C(F)(F)F)cc2C1=O.CN1C(=O)c2ccc3c4c(ccc(c24)C1=O)C(=O)N(C)C3=O.CN1C(=O)c2ccc3c4ccc5c6c(ccc(c7ccc(c2c37)C1=O)c64)C(=O)N(C)C5=O.Cn1c(=O)c2cc3c(=O)c4cc5c(=O)n(C)c(=O)c5cc4c(=O)c3cc2c1=O.Cn1c(=O)c2cc3c(=O)n(C)c(=O)c3cc2c1=O. The number of carbonyl (C=O) groups is 12. The predicted molar refractivity (Wildman–Crippen MR) is 468 cm³/mol. The average molecular weight is 1750 g/mol. The molecule has 12 amide bonds. The summed E-state index contributed by atoms with van der Waals surface area (Å²) in [7, 11) is 13.7. The minimum absolute atomic E-state index is 0.00206. The summed E-state index contributed by atoms with van der Waals surface area (Å²) < 4.78 is 46.8. The fourth-order valence-corrected chi connectivity index (χ4v) is 18.5. The second kappa shape index (κ2) is 27.6. The van der Waals surface area contributed by atoms with E-state index in [1.807, 2.05) is 24.3 Å². The highest BCUT2D eigenvalue weighted by Crippen LogP contribution is 2.50. The van der Waals surface area contributed by atoms with Crippen molar-refractivity contribution in [2.75, 3.05) is 42.3 Å². The number of imide groups is 6. The number of hydrogen-bond acceptors (Lipinski definition) is 22. The van der Waals surface area contributed by atoms with Crippen molar-refractivity contribution in [2.24, 2.45) is 28.2 Å². The van der Waals surface area contributed by atoms with Crippen LogP contribution in [0.4, 0.5) is 13.2 Å².